The van der Waals surface area contributed by atoms with Crippen molar-refractivity contribution in [3.05, 3.63) is 40.8 Å². The Hall–Kier alpha value is -1.97. The van der Waals surface area contributed by atoms with Gasteiger partial charge in [-0.3, -0.25) is 0 Å². The van der Waals surface area contributed by atoms with Crippen LogP contribution in [0.1, 0.15) is 16.8 Å². The van der Waals surface area contributed by atoms with Crippen LogP contribution in [0.5, 0.6) is 0 Å². The molecule has 4 heteroatoms. The van der Waals surface area contributed by atoms with Crippen LogP contribution in [0.15, 0.2) is 18.2 Å². The van der Waals surface area contributed by atoms with E-state index in [4.69, 9.17) is 5.73 Å². The van der Waals surface area contributed by atoms with E-state index >= 15 is 0 Å². The third kappa shape index (κ3) is 2.11. The Bertz CT molecular complexity index is 556. The molecule has 2 N–H and O–H groups in total. The summed E-state index contributed by atoms with van der Waals surface area (Å²) in [5, 5.41) is 0. The Morgan fingerprint density at radius 2 is 1.82 bits per heavy atom. The van der Waals surface area contributed by atoms with Crippen molar-refractivity contribution in [2.75, 3.05) is 5.73 Å². The first-order valence-corrected chi connectivity index (χ1v) is 5.36. The lowest BCUT2D eigenvalue weighted by Gasteiger charge is -2.07. The second kappa shape index (κ2) is 4.13. The van der Waals surface area contributed by atoms with Crippen LogP contribution in [-0.4, -0.2) is 9.97 Å². The highest BCUT2D eigenvalue weighted by molar-refractivity contribution is 5.59. The number of benzene rings is 1. The van der Waals surface area contributed by atoms with Crippen LogP contribution in [0.3, 0.4) is 0 Å². The largest absolute Gasteiger partial charge is 0.383 e. The normalized spacial score (nSPS) is 10.6. The second-order valence-electron chi connectivity index (χ2n) is 4.11. The van der Waals surface area contributed by atoms with Crippen LogP contribution in [0.4, 0.5) is 10.2 Å². The zero-order valence-corrected chi connectivity index (χ0v) is 10.1. The van der Waals surface area contributed by atoms with E-state index in [1.807, 2.05) is 13.8 Å². The topological polar surface area (TPSA) is 51.8 Å². The standard InChI is InChI=1S/C13H14FN3/c1-7-4-5-10(6-11(7)14)13-16-9(3)8(2)12(15)17-13/h4-6H,1-3H3,(H2,15,16,17). The average Bonchev–Trinajstić information content (AvgIpc) is 2.29. The summed E-state index contributed by atoms with van der Waals surface area (Å²) in [6.07, 6.45) is 0. The summed E-state index contributed by atoms with van der Waals surface area (Å²) in [5.74, 6) is 0.640. The Kier molecular flexibility index (Phi) is 2.79. The molecule has 1 aromatic carbocycles. The number of halogens is 1. The van der Waals surface area contributed by atoms with Gasteiger partial charge in [-0.1, -0.05) is 12.1 Å². The highest BCUT2D eigenvalue weighted by atomic mass is 19.1. The number of nitrogen functional groups attached to an aromatic ring is 1. The molecule has 0 unspecified atom stereocenters. The summed E-state index contributed by atoms with van der Waals surface area (Å²) >= 11 is 0. The van der Waals surface area contributed by atoms with E-state index in [0.717, 1.165) is 11.3 Å². The highest BCUT2D eigenvalue weighted by Crippen LogP contribution is 2.21. The molecule has 1 aromatic heterocycles. The summed E-state index contributed by atoms with van der Waals surface area (Å²) in [6.45, 7) is 5.44. The number of aryl methyl sites for hydroxylation is 2. The molecule has 3 nitrogen and oxygen atoms in total. The van der Waals surface area contributed by atoms with Crippen molar-refractivity contribution in [2.45, 2.75) is 20.8 Å². The molecule has 0 aliphatic rings. The van der Waals surface area contributed by atoms with Gasteiger partial charge >= 0.3 is 0 Å². The van der Waals surface area contributed by atoms with E-state index in [2.05, 4.69) is 9.97 Å². The van der Waals surface area contributed by atoms with Crippen LogP contribution in [0.25, 0.3) is 11.4 Å². The molecule has 88 valence electrons. The maximum absolute atomic E-state index is 13.5. The van der Waals surface area contributed by atoms with E-state index in [-0.39, 0.29) is 5.82 Å². The summed E-state index contributed by atoms with van der Waals surface area (Å²) < 4.78 is 13.5. The Morgan fingerprint density at radius 1 is 1.12 bits per heavy atom. The Balaban J connectivity index is 2.57. The number of rotatable bonds is 1. The van der Waals surface area contributed by atoms with Crippen molar-refractivity contribution in [2.24, 2.45) is 0 Å². The zero-order valence-electron chi connectivity index (χ0n) is 10.1. The first kappa shape index (κ1) is 11.5. The second-order valence-corrected chi connectivity index (χ2v) is 4.11. The van der Waals surface area contributed by atoms with Crippen molar-refractivity contribution in [1.82, 2.24) is 9.97 Å². The maximum Gasteiger partial charge on any atom is 0.161 e. The molecule has 0 aliphatic heterocycles. The van der Waals surface area contributed by atoms with Crippen LogP contribution in [0.2, 0.25) is 0 Å². The third-order valence-corrected chi connectivity index (χ3v) is 2.86. The van der Waals surface area contributed by atoms with Crippen LogP contribution < -0.4 is 5.73 Å². The lowest BCUT2D eigenvalue weighted by atomic mass is 10.1. The first-order chi connectivity index (χ1) is 7.99. The zero-order chi connectivity index (χ0) is 12.6. The molecule has 17 heavy (non-hydrogen) atoms. The van der Waals surface area contributed by atoms with Crippen LogP contribution in [0, 0.1) is 26.6 Å². The number of nitrogens with two attached hydrogens (primary N) is 1. The predicted octanol–water partition coefficient (Wildman–Crippen LogP) is 2.79. The lowest BCUT2D eigenvalue weighted by molar-refractivity contribution is 0.619. The van der Waals surface area contributed by atoms with E-state index < -0.39 is 0 Å². The average molecular weight is 231 g/mol. The molecule has 0 saturated heterocycles. The van der Waals surface area contributed by atoms with E-state index in [1.165, 1.54) is 6.07 Å². The SMILES string of the molecule is Cc1ccc(-c2nc(C)c(C)c(N)n2)cc1F. The van der Waals surface area contributed by atoms with Gasteiger partial charge in [-0.15, -0.1) is 0 Å². The van der Waals surface area contributed by atoms with E-state index in [1.54, 1.807) is 19.1 Å². The molecule has 0 fully saturated rings. The summed E-state index contributed by atoms with van der Waals surface area (Å²) in [4.78, 5) is 8.49. The minimum absolute atomic E-state index is 0.261. The van der Waals surface area contributed by atoms with Gasteiger partial charge in [0.1, 0.15) is 11.6 Å². The van der Waals surface area contributed by atoms with E-state index in [9.17, 15) is 4.39 Å². The van der Waals surface area contributed by atoms with Crippen molar-refractivity contribution in [1.29, 1.82) is 0 Å². The van der Waals surface area contributed by atoms with Crippen LogP contribution in [-0.2, 0) is 0 Å². The summed E-state index contributed by atoms with van der Waals surface area (Å²) in [5.41, 5.74) is 8.70. The van der Waals surface area contributed by atoms with Gasteiger partial charge in [-0.05, 0) is 32.4 Å². The van der Waals surface area contributed by atoms with Crippen LogP contribution >= 0.6 is 0 Å². The number of anilines is 1. The molecule has 0 bridgehead atoms. The van der Waals surface area contributed by atoms with E-state index in [0.29, 0.717) is 22.8 Å². The van der Waals surface area contributed by atoms with Crippen molar-refractivity contribution in [3.63, 3.8) is 0 Å². The molecule has 0 atom stereocenters. The van der Waals surface area contributed by atoms with Gasteiger partial charge in [0.05, 0.1) is 0 Å². The molecule has 2 aromatic rings. The minimum Gasteiger partial charge on any atom is -0.383 e. The smallest absolute Gasteiger partial charge is 0.161 e. The number of hydrogen-bond acceptors (Lipinski definition) is 3. The predicted molar refractivity (Wildman–Crippen MR) is 66.0 cm³/mol. The maximum atomic E-state index is 13.5. The highest BCUT2D eigenvalue weighted by Gasteiger charge is 2.08. The first-order valence-electron chi connectivity index (χ1n) is 5.36. The van der Waals surface area contributed by atoms with Gasteiger partial charge in [0.25, 0.3) is 0 Å². The fourth-order valence-corrected chi connectivity index (χ4v) is 1.51. The molecule has 1 heterocycles. The number of hydrogen-bond donors (Lipinski definition) is 1. The molecule has 2 rings (SSSR count). The van der Waals surface area contributed by atoms with Gasteiger partial charge in [0.15, 0.2) is 5.82 Å². The summed E-state index contributed by atoms with van der Waals surface area (Å²) in [7, 11) is 0. The Labute approximate surface area is 99.5 Å². The molecular formula is C13H14FN3. The van der Waals surface area contributed by atoms with Crippen molar-refractivity contribution < 1.29 is 4.39 Å². The van der Waals surface area contributed by atoms with Gasteiger partial charge in [0, 0.05) is 16.8 Å². The fraction of sp³-hybridized carbons (Fsp3) is 0.231. The minimum atomic E-state index is -0.261. The monoisotopic (exact) mass is 231 g/mol. The fourth-order valence-electron chi connectivity index (χ4n) is 1.51. The molecule has 0 spiro atoms. The quantitative estimate of drug-likeness (QED) is 0.821. The van der Waals surface area contributed by atoms with Gasteiger partial charge in [-0.2, -0.15) is 0 Å². The molecule has 0 saturated carbocycles. The van der Waals surface area contributed by atoms with Crippen molar-refractivity contribution in [3.8, 4) is 11.4 Å². The van der Waals surface area contributed by atoms with Gasteiger partial charge < -0.3 is 5.73 Å². The van der Waals surface area contributed by atoms with Crippen molar-refractivity contribution >= 4 is 5.82 Å². The lowest BCUT2D eigenvalue weighted by Crippen LogP contribution is -2.02. The van der Waals surface area contributed by atoms with Gasteiger partial charge in [0.2, 0.25) is 0 Å². The number of nitrogens with zero attached hydrogens (tertiary/aromatic N) is 2. The molecule has 0 aliphatic carbocycles. The molecule has 0 amide bonds. The number of aromatic nitrogens is 2. The Morgan fingerprint density at radius 3 is 2.41 bits per heavy atom. The summed E-state index contributed by atoms with van der Waals surface area (Å²) in [6, 6.07) is 4.93. The van der Waals surface area contributed by atoms with Gasteiger partial charge in [-0.25, -0.2) is 14.4 Å². The third-order valence-electron chi connectivity index (χ3n) is 2.86. The molecular weight excluding hydrogens is 217 g/mol. The molecule has 0 radical (unpaired) electrons.